The Morgan fingerprint density at radius 3 is 2.56 bits per heavy atom. The van der Waals surface area contributed by atoms with Crippen LogP contribution < -0.4 is 4.74 Å². The van der Waals surface area contributed by atoms with Crippen LogP contribution in [0.25, 0.3) is 0 Å². The van der Waals surface area contributed by atoms with Gasteiger partial charge < -0.3 is 14.6 Å². The molecule has 0 aromatic heterocycles. The van der Waals surface area contributed by atoms with Crippen LogP contribution in [0, 0.1) is 16.7 Å². The minimum Gasteiger partial charge on any atom is -0.476 e. The van der Waals surface area contributed by atoms with E-state index in [-0.39, 0.29) is 17.6 Å². The summed E-state index contributed by atoms with van der Waals surface area (Å²) in [4.78, 5) is 2.44. The smallest absolute Gasteiger partial charge is 0.181 e. The van der Waals surface area contributed by atoms with E-state index in [1.54, 1.807) is 6.92 Å². The summed E-state index contributed by atoms with van der Waals surface area (Å²) < 4.78 is 11.3. The lowest BCUT2D eigenvalue weighted by atomic mass is 9.58. The summed E-state index contributed by atoms with van der Waals surface area (Å²) in [6.45, 7) is 7.37. The zero-order valence-corrected chi connectivity index (χ0v) is 15.1. The predicted octanol–water partition coefficient (Wildman–Crippen LogP) is 2.73. The Labute approximate surface area is 150 Å². The lowest BCUT2D eigenvalue weighted by Crippen LogP contribution is -2.62. The van der Waals surface area contributed by atoms with Crippen LogP contribution in [0.1, 0.15) is 38.7 Å². The van der Waals surface area contributed by atoms with Gasteiger partial charge in [-0.15, -0.1) is 0 Å². The van der Waals surface area contributed by atoms with Crippen molar-refractivity contribution in [3.8, 4) is 11.8 Å². The normalized spacial score (nSPS) is 26.6. The summed E-state index contributed by atoms with van der Waals surface area (Å²) in [5.74, 6) is 0.729. The molecule has 3 atom stereocenters. The minimum atomic E-state index is -0.434. The van der Waals surface area contributed by atoms with E-state index < -0.39 is 6.10 Å². The number of aliphatic hydroxyl groups excluding tert-OH is 1. The Bertz CT molecular complexity index is 600. The predicted molar refractivity (Wildman–Crippen MR) is 95.1 cm³/mol. The average Bonchev–Trinajstić information content (AvgIpc) is 2.64. The Morgan fingerprint density at radius 2 is 2.00 bits per heavy atom. The molecular formula is C20H28N2O3. The molecule has 0 bridgehead atoms. The van der Waals surface area contributed by atoms with Gasteiger partial charge in [-0.25, -0.2) is 0 Å². The molecule has 1 saturated heterocycles. The highest BCUT2D eigenvalue weighted by atomic mass is 16.5. The van der Waals surface area contributed by atoms with Gasteiger partial charge in [0.15, 0.2) is 6.10 Å². The second kappa shape index (κ2) is 7.74. The highest BCUT2D eigenvalue weighted by molar-refractivity contribution is 5.28. The van der Waals surface area contributed by atoms with E-state index in [1.165, 1.54) is 5.56 Å². The molecule has 136 valence electrons. The summed E-state index contributed by atoms with van der Waals surface area (Å²) in [6, 6.07) is 10.0. The molecule has 0 radical (unpaired) electrons. The zero-order valence-electron chi connectivity index (χ0n) is 15.1. The number of ether oxygens (including phenoxy) is 2. The molecule has 25 heavy (non-hydrogen) atoms. The fourth-order valence-corrected chi connectivity index (χ4v) is 4.11. The van der Waals surface area contributed by atoms with Crippen molar-refractivity contribution in [2.75, 3.05) is 19.7 Å². The molecule has 2 fully saturated rings. The van der Waals surface area contributed by atoms with E-state index in [2.05, 4.69) is 23.1 Å². The molecule has 5 nitrogen and oxygen atoms in total. The first kappa shape index (κ1) is 18.2. The molecule has 1 spiro atoms. The lowest BCUT2D eigenvalue weighted by molar-refractivity contribution is -0.209. The SMILES string of the molecule is CCOC1CC(O)C12CCN(Cc1ccc(OC(C)C#N)cc1)CC2. The molecule has 1 aromatic rings. The van der Waals surface area contributed by atoms with E-state index in [4.69, 9.17) is 14.7 Å². The van der Waals surface area contributed by atoms with Crippen molar-refractivity contribution in [2.45, 2.75) is 58.0 Å². The monoisotopic (exact) mass is 344 g/mol. The molecule has 1 saturated carbocycles. The molecule has 1 aromatic carbocycles. The third-order valence-electron chi connectivity index (χ3n) is 5.72. The molecule has 1 aliphatic carbocycles. The van der Waals surface area contributed by atoms with Gasteiger partial charge >= 0.3 is 0 Å². The summed E-state index contributed by atoms with van der Waals surface area (Å²) in [6.07, 6.45) is 2.38. The first-order chi connectivity index (χ1) is 12.1. The van der Waals surface area contributed by atoms with Crippen LogP contribution in [0.5, 0.6) is 5.75 Å². The third-order valence-corrected chi connectivity index (χ3v) is 5.72. The number of nitrogens with zero attached hydrogens (tertiary/aromatic N) is 2. The maximum absolute atomic E-state index is 10.3. The van der Waals surface area contributed by atoms with Crippen molar-refractivity contribution >= 4 is 0 Å². The van der Waals surface area contributed by atoms with Crippen LogP contribution in [0.3, 0.4) is 0 Å². The molecular weight excluding hydrogens is 316 g/mol. The topological polar surface area (TPSA) is 65.7 Å². The van der Waals surface area contributed by atoms with E-state index in [9.17, 15) is 5.11 Å². The number of likely N-dealkylation sites (tertiary alicyclic amines) is 1. The highest BCUT2D eigenvalue weighted by Gasteiger charge is 2.55. The summed E-state index contributed by atoms with van der Waals surface area (Å²) >= 11 is 0. The van der Waals surface area contributed by atoms with Gasteiger partial charge in [0.2, 0.25) is 0 Å². The van der Waals surface area contributed by atoms with Crippen molar-refractivity contribution < 1.29 is 14.6 Å². The summed E-state index contributed by atoms with van der Waals surface area (Å²) in [5.41, 5.74) is 1.22. The number of nitriles is 1. The highest BCUT2D eigenvalue weighted by Crippen LogP contribution is 2.51. The molecule has 1 aliphatic heterocycles. The van der Waals surface area contributed by atoms with Crippen LogP contribution in [0.2, 0.25) is 0 Å². The van der Waals surface area contributed by atoms with E-state index in [1.807, 2.05) is 19.1 Å². The first-order valence-electron chi connectivity index (χ1n) is 9.24. The number of hydrogen-bond donors (Lipinski definition) is 1. The number of piperidine rings is 1. The van der Waals surface area contributed by atoms with Crippen molar-refractivity contribution in [1.82, 2.24) is 4.90 Å². The zero-order chi connectivity index (χ0) is 17.9. The van der Waals surface area contributed by atoms with Gasteiger partial charge in [0, 0.05) is 25.0 Å². The second-order valence-corrected chi connectivity index (χ2v) is 7.24. The molecule has 1 N–H and O–H groups in total. The van der Waals surface area contributed by atoms with E-state index >= 15 is 0 Å². The van der Waals surface area contributed by atoms with Crippen LogP contribution in [0.15, 0.2) is 24.3 Å². The number of rotatable bonds is 6. The first-order valence-corrected chi connectivity index (χ1v) is 9.24. The fourth-order valence-electron chi connectivity index (χ4n) is 4.11. The van der Waals surface area contributed by atoms with Crippen molar-refractivity contribution in [3.63, 3.8) is 0 Å². The van der Waals surface area contributed by atoms with Gasteiger partial charge in [0.1, 0.15) is 11.8 Å². The molecule has 2 aliphatic rings. The molecule has 3 rings (SSSR count). The van der Waals surface area contributed by atoms with Gasteiger partial charge in [-0.2, -0.15) is 5.26 Å². The molecule has 5 heteroatoms. The molecule has 3 unspecified atom stereocenters. The standard InChI is InChI=1S/C20H28N2O3/c1-3-24-19-12-18(23)20(19)8-10-22(11-9-20)14-16-4-6-17(7-5-16)25-15(2)13-21/h4-7,15,18-19,23H,3,8-12,14H2,1-2H3. The Hall–Kier alpha value is -1.61. The van der Waals surface area contributed by atoms with Gasteiger partial charge in [0.05, 0.1) is 12.2 Å². The Balaban J connectivity index is 1.51. The van der Waals surface area contributed by atoms with Crippen molar-refractivity contribution in [3.05, 3.63) is 29.8 Å². The van der Waals surface area contributed by atoms with Crippen LogP contribution in [0.4, 0.5) is 0 Å². The fraction of sp³-hybridized carbons (Fsp3) is 0.650. The lowest BCUT2D eigenvalue weighted by Gasteiger charge is -2.56. The Morgan fingerprint density at radius 1 is 1.32 bits per heavy atom. The van der Waals surface area contributed by atoms with Crippen LogP contribution in [-0.2, 0) is 11.3 Å². The van der Waals surface area contributed by atoms with Gasteiger partial charge in [-0.05, 0) is 57.5 Å². The Kier molecular flexibility index (Phi) is 5.63. The number of benzene rings is 1. The van der Waals surface area contributed by atoms with Gasteiger partial charge in [-0.3, -0.25) is 4.90 Å². The van der Waals surface area contributed by atoms with Gasteiger partial charge in [-0.1, -0.05) is 12.1 Å². The summed E-state index contributed by atoms with van der Waals surface area (Å²) in [5, 5.41) is 19.1. The average molecular weight is 344 g/mol. The quantitative estimate of drug-likeness (QED) is 0.859. The maximum atomic E-state index is 10.3. The largest absolute Gasteiger partial charge is 0.476 e. The third kappa shape index (κ3) is 3.82. The maximum Gasteiger partial charge on any atom is 0.181 e. The van der Waals surface area contributed by atoms with Crippen molar-refractivity contribution in [2.24, 2.45) is 5.41 Å². The molecule has 1 heterocycles. The van der Waals surface area contributed by atoms with Crippen molar-refractivity contribution in [1.29, 1.82) is 5.26 Å². The van der Waals surface area contributed by atoms with Gasteiger partial charge in [0.25, 0.3) is 0 Å². The van der Waals surface area contributed by atoms with E-state index in [0.717, 1.165) is 51.3 Å². The summed E-state index contributed by atoms with van der Waals surface area (Å²) in [7, 11) is 0. The van der Waals surface area contributed by atoms with E-state index in [0.29, 0.717) is 0 Å². The van der Waals surface area contributed by atoms with Crippen LogP contribution >= 0.6 is 0 Å². The number of aliphatic hydroxyl groups is 1. The van der Waals surface area contributed by atoms with Crippen LogP contribution in [-0.4, -0.2) is 48.0 Å². The molecule has 0 amide bonds. The minimum absolute atomic E-state index is 0.0162. The number of hydrogen-bond acceptors (Lipinski definition) is 5. The second-order valence-electron chi connectivity index (χ2n) is 7.24.